The molecule has 0 saturated heterocycles. The molecule has 36 valence electrons. The molecule has 0 radical (unpaired) electrons. The number of aromatic nitrogens is 2. The highest BCUT2D eigenvalue weighted by molar-refractivity contribution is 4.48. The fourth-order valence-corrected chi connectivity index (χ4v) is 0.222. The van der Waals surface area contributed by atoms with E-state index in [9.17, 15) is 0 Å². The molecule has 5 nitrogen and oxygen atoms in total. The monoisotopic (exact) mass is 98.0 g/mol. The summed E-state index contributed by atoms with van der Waals surface area (Å²) in [6.07, 6.45) is 1.25. The Hall–Kier alpha value is -1.35. The summed E-state index contributed by atoms with van der Waals surface area (Å²) in [5, 5.41) is 5.39. The lowest BCUT2D eigenvalue weighted by Crippen LogP contribution is -1.99. The summed E-state index contributed by atoms with van der Waals surface area (Å²) in [4.78, 5) is 2.72. The van der Waals surface area contributed by atoms with Crippen LogP contribution in [0.3, 0.4) is 0 Å². The molecule has 0 saturated carbocycles. The van der Waals surface area contributed by atoms with Gasteiger partial charge in [0, 0.05) is 0 Å². The van der Waals surface area contributed by atoms with Crippen LogP contribution < -0.4 is 5.49 Å². The Morgan fingerprint density at radius 2 is 2.86 bits per heavy atom. The van der Waals surface area contributed by atoms with E-state index in [0.29, 0.717) is 0 Å². The van der Waals surface area contributed by atoms with E-state index in [1.165, 1.54) is 6.20 Å². The first-order valence-corrected chi connectivity index (χ1v) is 1.61. The summed E-state index contributed by atoms with van der Waals surface area (Å²) in [5.41, 5.74) is 8.13. The molecular weight excluding hydrogens is 96.0 g/mol. The number of hydrogen-bond acceptors (Lipinski definition) is 2. The Labute approximate surface area is 38.2 Å². The SMILES string of the molecule is [N-]=[N+]=c1cno[nH]1. The topological polar surface area (TPSA) is 78.2 Å². The molecule has 0 aromatic carbocycles. The van der Waals surface area contributed by atoms with Crippen LogP contribution in [0.4, 0.5) is 0 Å². The predicted molar refractivity (Wildman–Crippen MR) is 17.6 cm³/mol. The third-order valence-electron chi connectivity index (χ3n) is 0.486. The predicted octanol–water partition coefficient (Wildman–Crippen LogP) is -0.867. The minimum absolute atomic E-state index is 0.208. The summed E-state index contributed by atoms with van der Waals surface area (Å²) < 4.78 is 4.18. The van der Waals surface area contributed by atoms with Gasteiger partial charge in [0.15, 0.2) is 6.20 Å². The average Bonchev–Trinajstić information content (AvgIpc) is 2.14. The maximum absolute atomic E-state index is 7.92. The van der Waals surface area contributed by atoms with Crippen molar-refractivity contribution in [2.24, 2.45) is 0 Å². The van der Waals surface area contributed by atoms with Gasteiger partial charge in [-0.05, 0) is 10.3 Å². The van der Waals surface area contributed by atoms with E-state index in [2.05, 4.69) is 19.7 Å². The molecule has 1 rings (SSSR count). The Balaban J connectivity index is 3.50. The first kappa shape index (κ1) is 3.83. The van der Waals surface area contributed by atoms with Gasteiger partial charge in [-0.25, -0.2) is 0 Å². The number of H-pyrrole nitrogens is 1. The van der Waals surface area contributed by atoms with Crippen LogP contribution in [-0.2, 0) is 0 Å². The van der Waals surface area contributed by atoms with Crippen LogP contribution in [0.15, 0.2) is 10.8 Å². The van der Waals surface area contributed by atoms with Gasteiger partial charge in [-0.3, -0.25) is 0 Å². The Kier molecular flexibility index (Phi) is 0.766. The van der Waals surface area contributed by atoms with Gasteiger partial charge in [-0.15, -0.1) is 0 Å². The van der Waals surface area contributed by atoms with Crippen LogP contribution in [-0.4, -0.2) is 15.1 Å². The van der Waals surface area contributed by atoms with E-state index in [4.69, 9.17) is 5.53 Å². The lowest BCUT2D eigenvalue weighted by Gasteiger charge is -1.48. The van der Waals surface area contributed by atoms with Crippen molar-refractivity contribution in [2.45, 2.75) is 0 Å². The molecule has 1 aromatic heterocycles. The van der Waals surface area contributed by atoms with Crippen LogP contribution in [0.25, 0.3) is 5.53 Å². The van der Waals surface area contributed by atoms with Crippen LogP contribution in [0.5, 0.6) is 0 Å². The highest BCUT2D eigenvalue weighted by atomic mass is 16.6. The van der Waals surface area contributed by atoms with E-state index >= 15 is 0 Å². The molecule has 1 aromatic rings. The highest BCUT2D eigenvalue weighted by Gasteiger charge is 1.83. The fraction of sp³-hybridized carbons (Fsp3) is 0. The molecule has 0 amide bonds. The van der Waals surface area contributed by atoms with Crippen LogP contribution in [0.2, 0.25) is 0 Å². The molecule has 0 aliphatic carbocycles. The molecule has 0 unspecified atom stereocenters. The largest absolute Gasteiger partial charge is 0.497 e. The molecule has 0 aliphatic rings. The molecule has 0 spiro atoms. The quantitative estimate of drug-likeness (QED) is 0.338. The minimum atomic E-state index is 0.208. The maximum Gasteiger partial charge on any atom is 0.415 e. The van der Waals surface area contributed by atoms with Crippen molar-refractivity contribution in [1.82, 2.24) is 10.3 Å². The molecule has 5 heteroatoms. The summed E-state index contributed by atoms with van der Waals surface area (Å²) >= 11 is 0. The van der Waals surface area contributed by atoms with Crippen molar-refractivity contribution in [3.63, 3.8) is 0 Å². The van der Waals surface area contributed by atoms with Crippen molar-refractivity contribution in [2.75, 3.05) is 0 Å². The van der Waals surface area contributed by atoms with E-state index in [0.717, 1.165) is 0 Å². The van der Waals surface area contributed by atoms with E-state index in [-0.39, 0.29) is 5.49 Å². The number of nitrogens with one attached hydrogen (secondary N) is 1. The molecule has 1 heterocycles. The molecule has 0 atom stereocenters. The Morgan fingerprint density at radius 3 is 3.14 bits per heavy atom. The normalized spacial score (nSPS) is 8.00. The number of nitrogens with zero attached hydrogens (tertiary/aromatic N) is 3. The molecular formula is C2H2N4O. The van der Waals surface area contributed by atoms with Crippen LogP contribution >= 0.6 is 0 Å². The van der Waals surface area contributed by atoms with Crippen LogP contribution in [0, 0.1) is 0 Å². The van der Waals surface area contributed by atoms with Gasteiger partial charge in [-0.2, -0.15) is 4.63 Å². The third-order valence-corrected chi connectivity index (χ3v) is 0.486. The summed E-state index contributed by atoms with van der Waals surface area (Å²) in [6.45, 7) is 0. The van der Waals surface area contributed by atoms with Crippen molar-refractivity contribution in [3.8, 4) is 0 Å². The zero-order valence-corrected chi connectivity index (χ0v) is 3.33. The van der Waals surface area contributed by atoms with Crippen molar-refractivity contribution in [1.29, 1.82) is 0 Å². The third kappa shape index (κ3) is 0.558. The Bertz CT molecular complexity index is 199. The van der Waals surface area contributed by atoms with E-state index in [1.807, 2.05) is 0 Å². The molecule has 1 N–H and O–H groups in total. The Morgan fingerprint density at radius 1 is 2.00 bits per heavy atom. The second kappa shape index (κ2) is 1.40. The maximum atomic E-state index is 7.92. The fourth-order valence-electron chi connectivity index (χ4n) is 0.222. The molecule has 0 fully saturated rings. The molecule has 7 heavy (non-hydrogen) atoms. The number of hydrogen-bond donors (Lipinski definition) is 1. The van der Waals surface area contributed by atoms with Crippen LogP contribution in [0.1, 0.15) is 0 Å². The number of rotatable bonds is 0. The van der Waals surface area contributed by atoms with E-state index < -0.39 is 0 Å². The van der Waals surface area contributed by atoms with Gasteiger partial charge in [0.25, 0.3) is 0 Å². The zero-order chi connectivity index (χ0) is 5.11. The smallest absolute Gasteiger partial charge is 0.415 e. The average molecular weight is 98.1 g/mol. The summed E-state index contributed by atoms with van der Waals surface area (Å²) in [5.74, 6) is 0. The van der Waals surface area contributed by atoms with Crippen molar-refractivity contribution < 1.29 is 9.42 Å². The minimum Gasteiger partial charge on any atom is -0.497 e. The first-order chi connectivity index (χ1) is 3.43. The zero-order valence-electron chi connectivity index (χ0n) is 3.33. The first-order valence-electron chi connectivity index (χ1n) is 1.61. The lowest BCUT2D eigenvalue weighted by molar-refractivity contribution is -0.0757. The standard InChI is InChI=1S/C2H2N4O/c3-5-2-1-4-7-6-2/h1,6H. The molecule has 0 bridgehead atoms. The van der Waals surface area contributed by atoms with Gasteiger partial charge < -0.3 is 10.3 Å². The van der Waals surface area contributed by atoms with Crippen molar-refractivity contribution >= 4 is 0 Å². The second-order valence-electron chi connectivity index (χ2n) is 0.913. The number of aromatic amines is 1. The summed E-state index contributed by atoms with van der Waals surface area (Å²) in [7, 11) is 0. The lowest BCUT2D eigenvalue weighted by atomic mass is 10.9. The molecule has 0 aliphatic heterocycles. The van der Waals surface area contributed by atoms with Gasteiger partial charge in [0.1, 0.15) is 0 Å². The summed E-state index contributed by atoms with van der Waals surface area (Å²) in [6, 6.07) is 0. The van der Waals surface area contributed by atoms with Gasteiger partial charge in [0.2, 0.25) is 0 Å². The second-order valence-corrected chi connectivity index (χ2v) is 0.913. The van der Waals surface area contributed by atoms with Gasteiger partial charge >= 0.3 is 5.49 Å². The highest BCUT2D eigenvalue weighted by Crippen LogP contribution is 1.51. The van der Waals surface area contributed by atoms with Gasteiger partial charge in [-0.1, -0.05) is 0 Å². The van der Waals surface area contributed by atoms with E-state index in [1.54, 1.807) is 0 Å². The van der Waals surface area contributed by atoms with Gasteiger partial charge in [0.05, 0.1) is 0 Å². The van der Waals surface area contributed by atoms with Crippen molar-refractivity contribution in [3.05, 3.63) is 17.2 Å².